The minimum Gasteiger partial charge on any atom is -0.497 e. The van der Waals surface area contributed by atoms with Crippen molar-refractivity contribution < 1.29 is 33.4 Å². The molecule has 10 nitrogen and oxygen atoms in total. The highest BCUT2D eigenvalue weighted by Gasteiger charge is 2.28. The van der Waals surface area contributed by atoms with Gasteiger partial charge in [-0.1, -0.05) is 30.7 Å². The van der Waals surface area contributed by atoms with E-state index in [1.807, 2.05) is 6.07 Å². The SMILES string of the molecule is CCOC(=O)c1c(NC(=O)C(C)Sc2cccc(NC(=O)/C(=C\c3ccc(OC)cc3OC)NC(=O)c3ccccc3)c2)sc2c1CCCCC2. The van der Waals surface area contributed by atoms with Crippen LogP contribution in [-0.4, -0.2) is 49.8 Å². The maximum atomic E-state index is 13.7. The first-order chi connectivity index (χ1) is 24.7. The maximum Gasteiger partial charge on any atom is 0.341 e. The Kier molecular flexibility index (Phi) is 12.9. The molecule has 0 spiro atoms. The fourth-order valence-corrected chi connectivity index (χ4v) is 7.81. The van der Waals surface area contributed by atoms with Gasteiger partial charge in [0.05, 0.1) is 31.6 Å². The highest BCUT2D eigenvalue weighted by molar-refractivity contribution is 8.00. The minimum absolute atomic E-state index is 0.00938. The summed E-state index contributed by atoms with van der Waals surface area (Å²) in [6, 6.07) is 20.8. The van der Waals surface area contributed by atoms with Crippen molar-refractivity contribution in [2.45, 2.75) is 56.1 Å². The molecule has 1 heterocycles. The van der Waals surface area contributed by atoms with Crippen LogP contribution in [0.25, 0.3) is 6.08 Å². The average Bonchev–Trinajstić information content (AvgIpc) is 3.31. The molecule has 266 valence electrons. The summed E-state index contributed by atoms with van der Waals surface area (Å²) in [5, 5.41) is 8.62. The summed E-state index contributed by atoms with van der Waals surface area (Å²) in [7, 11) is 3.05. The summed E-state index contributed by atoms with van der Waals surface area (Å²) in [6.45, 7) is 3.81. The molecule has 1 aliphatic carbocycles. The van der Waals surface area contributed by atoms with Gasteiger partial charge < -0.3 is 30.2 Å². The third-order valence-corrected chi connectivity index (χ3v) is 10.5. The van der Waals surface area contributed by atoms with Gasteiger partial charge in [0.1, 0.15) is 22.2 Å². The van der Waals surface area contributed by atoms with Gasteiger partial charge in [-0.25, -0.2) is 4.79 Å². The lowest BCUT2D eigenvalue weighted by atomic mass is 10.1. The predicted octanol–water partition coefficient (Wildman–Crippen LogP) is 7.74. The minimum atomic E-state index is -0.561. The van der Waals surface area contributed by atoms with Crippen LogP contribution >= 0.6 is 23.1 Å². The van der Waals surface area contributed by atoms with Crippen LogP contribution in [0, 0.1) is 0 Å². The molecule has 12 heteroatoms. The van der Waals surface area contributed by atoms with Crippen LogP contribution in [-0.2, 0) is 27.2 Å². The lowest BCUT2D eigenvalue weighted by Crippen LogP contribution is -2.30. The standard InChI is InChI=1S/C39H41N3O7S2/c1-5-49-39(46)34-30-17-10-7-11-18-33(30)51-38(34)42-35(43)24(2)50-29-16-12-15-27(22-29)40-37(45)31(41-36(44)25-13-8-6-9-14-25)21-26-19-20-28(47-3)23-32(26)48-4/h6,8-9,12-16,19-24H,5,7,10-11,17-18H2,1-4H3,(H,40,45)(H,41,44)(H,42,43)/b31-21+. The van der Waals surface area contributed by atoms with Gasteiger partial charge in [0.2, 0.25) is 5.91 Å². The van der Waals surface area contributed by atoms with Crippen LogP contribution in [0.1, 0.15) is 69.8 Å². The molecule has 0 saturated heterocycles. The van der Waals surface area contributed by atoms with E-state index < -0.39 is 23.0 Å². The van der Waals surface area contributed by atoms with Crippen molar-refractivity contribution in [3.8, 4) is 11.5 Å². The number of rotatable bonds is 13. The quantitative estimate of drug-likeness (QED) is 0.0552. The molecule has 0 radical (unpaired) electrons. The second-order valence-electron chi connectivity index (χ2n) is 11.7. The Bertz CT molecular complexity index is 1920. The molecule has 3 aromatic carbocycles. The van der Waals surface area contributed by atoms with Gasteiger partial charge in [-0.05, 0) is 93.6 Å². The van der Waals surface area contributed by atoms with Gasteiger partial charge in [0.15, 0.2) is 0 Å². The van der Waals surface area contributed by atoms with Crippen molar-refractivity contribution in [2.24, 2.45) is 0 Å². The van der Waals surface area contributed by atoms with Crippen LogP contribution in [0.5, 0.6) is 11.5 Å². The van der Waals surface area contributed by atoms with Crippen LogP contribution in [0.15, 0.2) is 83.4 Å². The number of hydrogen-bond donors (Lipinski definition) is 3. The third-order valence-electron chi connectivity index (χ3n) is 8.18. The van der Waals surface area contributed by atoms with E-state index in [1.165, 1.54) is 36.3 Å². The Hall–Kier alpha value is -5.07. The lowest BCUT2D eigenvalue weighted by Gasteiger charge is -2.15. The molecule has 1 atom stereocenters. The monoisotopic (exact) mass is 727 g/mol. The Balaban J connectivity index is 1.33. The number of thioether (sulfide) groups is 1. The molecule has 0 aliphatic heterocycles. The van der Waals surface area contributed by atoms with Crippen molar-refractivity contribution in [1.82, 2.24) is 5.32 Å². The average molecular weight is 728 g/mol. The van der Waals surface area contributed by atoms with Crippen LogP contribution in [0.2, 0.25) is 0 Å². The Morgan fingerprint density at radius 2 is 1.69 bits per heavy atom. The molecule has 3 amide bonds. The zero-order valence-electron chi connectivity index (χ0n) is 29.0. The second-order valence-corrected chi connectivity index (χ2v) is 14.2. The van der Waals surface area contributed by atoms with E-state index in [2.05, 4.69) is 16.0 Å². The zero-order valence-corrected chi connectivity index (χ0v) is 30.6. The summed E-state index contributed by atoms with van der Waals surface area (Å²) in [4.78, 5) is 55.2. The number of hydrogen-bond acceptors (Lipinski definition) is 9. The Labute approximate surface area is 306 Å². The molecule has 1 aliphatic rings. The van der Waals surface area contributed by atoms with E-state index in [0.717, 1.165) is 47.4 Å². The topological polar surface area (TPSA) is 132 Å². The summed E-state index contributed by atoms with van der Waals surface area (Å²) >= 11 is 2.78. The third kappa shape index (κ3) is 9.59. The smallest absolute Gasteiger partial charge is 0.341 e. The van der Waals surface area contributed by atoms with E-state index in [4.69, 9.17) is 14.2 Å². The zero-order chi connectivity index (χ0) is 36.3. The summed E-state index contributed by atoms with van der Waals surface area (Å²) in [5.41, 5.74) is 2.86. The van der Waals surface area contributed by atoms with Crippen molar-refractivity contribution in [2.75, 3.05) is 31.5 Å². The molecular weight excluding hydrogens is 687 g/mol. The van der Waals surface area contributed by atoms with Gasteiger partial charge in [-0.3, -0.25) is 14.4 Å². The molecule has 51 heavy (non-hydrogen) atoms. The van der Waals surface area contributed by atoms with Gasteiger partial charge in [-0.15, -0.1) is 23.1 Å². The molecule has 0 saturated carbocycles. The fourth-order valence-electron chi connectivity index (χ4n) is 5.60. The highest BCUT2D eigenvalue weighted by Crippen LogP contribution is 2.39. The van der Waals surface area contributed by atoms with E-state index in [0.29, 0.717) is 38.9 Å². The number of amides is 3. The molecule has 1 aromatic heterocycles. The van der Waals surface area contributed by atoms with E-state index in [9.17, 15) is 19.2 Å². The predicted molar refractivity (Wildman–Crippen MR) is 202 cm³/mol. The Morgan fingerprint density at radius 1 is 0.902 bits per heavy atom. The van der Waals surface area contributed by atoms with Crippen LogP contribution in [0.3, 0.4) is 0 Å². The molecule has 1 unspecified atom stereocenters. The highest BCUT2D eigenvalue weighted by atomic mass is 32.2. The van der Waals surface area contributed by atoms with Gasteiger partial charge >= 0.3 is 5.97 Å². The molecule has 0 fully saturated rings. The van der Waals surface area contributed by atoms with Crippen molar-refractivity contribution in [1.29, 1.82) is 0 Å². The van der Waals surface area contributed by atoms with Crippen molar-refractivity contribution >= 4 is 63.6 Å². The fraction of sp³-hybridized carbons (Fsp3) is 0.282. The normalized spacial score (nSPS) is 13.2. The largest absolute Gasteiger partial charge is 0.497 e. The second kappa shape index (κ2) is 17.7. The first-order valence-electron chi connectivity index (χ1n) is 16.7. The molecular formula is C39H41N3O7S2. The first kappa shape index (κ1) is 37.2. The van der Waals surface area contributed by atoms with Crippen molar-refractivity contribution in [3.63, 3.8) is 0 Å². The van der Waals surface area contributed by atoms with E-state index in [1.54, 1.807) is 87.7 Å². The number of anilines is 2. The molecule has 4 aromatic rings. The van der Waals surface area contributed by atoms with E-state index >= 15 is 0 Å². The Morgan fingerprint density at radius 3 is 2.43 bits per heavy atom. The number of thiophene rings is 1. The van der Waals surface area contributed by atoms with Gasteiger partial charge in [0.25, 0.3) is 11.8 Å². The molecule has 3 N–H and O–H groups in total. The van der Waals surface area contributed by atoms with Crippen molar-refractivity contribution in [3.05, 3.63) is 106 Å². The first-order valence-corrected chi connectivity index (χ1v) is 18.4. The maximum absolute atomic E-state index is 13.7. The lowest BCUT2D eigenvalue weighted by molar-refractivity contribution is -0.115. The number of carbonyl (C=O) groups excluding carboxylic acids is 4. The van der Waals surface area contributed by atoms with Gasteiger partial charge in [-0.2, -0.15) is 0 Å². The summed E-state index contributed by atoms with van der Waals surface area (Å²) in [6.07, 6.45) is 6.36. The molecule has 0 bridgehead atoms. The number of benzene rings is 3. The summed E-state index contributed by atoms with van der Waals surface area (Å²) in [5.74, 6) is -0.652. The number of ether oxygens (including phenoxy) is 3. The molecule has 5 rings (SSSR count). The van der Waals surface area contributed by atoms with E-state index in [-0.39, 0.29) is 18.2 Å². The van der Waals surface area contributed by atoms with Crippen LogP contribution in [0.4, 0.5) is 10.7 Å². The number of fused-ring (bicyclic) bond motifs is 1. The van der Waals surface area contributed by atoms with Crippen LogP contribution < -0.4 is 25.4 Å². The number of esters is 1. The number of nitrogens with one attached hydrogen (secondary N) is 3. The van der Waals surface area contributed by atoms with Gasteiger partial charge in [0, 0.05) is 32.7 Å². The number of methoxy groups -OCH3 is 2. The number of carbonyl (C=O) groups is 4. The summed E-state index contributed by atoms with van der Waals surface area (Å²) < 4.78 is 16.2. The number of aryl methyl sites for hydroxylation is 1.